The van der Waals surface area contributed by atoms with Crippen LogP contribution >= 0.6 is 0 Å². The number of benzene rings is 2. The average molecular weight is 447 g/mol. The molecule has 8 nitrogen and oxygen atoms in total. The predicted molar refractivity (Wildman–Crippen MR) is 113 cm³/mol. The summed E-state index contributed by atoms with van der Waals surface area (Å²) in [7, 11) is -3.70. The fourth-order valence-corrected chi connectivity index (χ4v) is 5.23. The number of nitrogens with zero attached hydrogens (tertiary/aromatic N) is 2. The van der Waals surface area contributed by atoms with Gasteiger partial charge in [0.15, 0.2) is 5.58 Å². The maximum absolute atomic E-state index is 13.3. The Morgan fingerprint density at radius 2 is 1.81 bits per heavy atom. The number of nitrogens with one attached hydrogen (secondary N) is 1. The zero-order chi connectivity index (χ0) is 22.0. The molecule has 0 bridgehead atoms. The highest BCUT2D eigenvalue weighted by molar-refractivity contribution is 7.89. The summed E-state index contributed by atoms with van der Waals surface area (Å²) in [4.78, 5) is 24.6. The topological polar surface area (TPSA) is 102 Å². The van der Waals surface area contributed by atoms with Crippen molar-refractivity contribution in [3.8, 4) is 0 Å². The number of halogens is 1. The summed E-state index contributed by atoms with van der Waals surface area (Å²) < 4.78 is 47.0. The smallest absolute Gasteiger partial charge is 0.408 e. The van der Waals surface area contributed by atoms with E-state index in [2.05, 4.69) is 5.32 Å². The molecule has 1 aromatic heterocycles. The number of amides is 1. The predicted octanol–water partition coefficient (Wildman–Crippen LogP) is 2.94. The summed E-state index contributed by atoms with van der Waals surface area (Å²) in [6.07, 6.45) is 3.63. The average Bonchev–Trinajstić information content (AvgIpc) is 2.89. The van der Waals surface area contributed by atoms with Gasteiger partial charge in [-0.05, 0) is 43.2 Å². The van der Waals surface area contributed by atoms with Crippen LogP contribution in [0.15, 0.2) is 56.6 Å². The number of fused-ring (bicyclic) bond motifs is 1. The number of oxazole rings is 1. The van der Waals surface area contributed by atoms with Crippen molar-refractivity contribution >= 4 is 32.7 Å². The first-order valence-corrected chi connectivity index (χ1v) is 11.5. The molecule has 0 spiro atoms. The minimum atomic E-state index is -3.70. The number of hydrogen-bond donors (Lipinski definition) is 1. The van der Waals surface area contributed by atoms with E-state index in [4.69, 9.17) is 4.42 Å². The van der Waals surface area contributed by atoms with Crippen molar-refractivity contribution in [2.24, 2.45) is 0 Å². The minimum Gasteiger partial charge on any atom is -0.408 e. The molecule has 2 heterocycles. The highest BCUT2D eigenvalue weighted by Crippen LogP contribution is 2.24. The lowest BCUT2D eigenvalue weighted by Gasteiger charge is -2.19. The zero-order valence-electron chi connectivity index (χ0n) is 16.7. The Morgan fingerprint density at radius 3 is 2.52 bits per heavy atom. The Hall–Kier alpha value is -2.98. The van der Waals surface area contributed by atoms with Gasteiger partial charge in [0.2, 0.25) is 15.9 Å². The SMILES string of the molecule is O=C(Cn1c(=O)oc2cc(S(=O)(=O)N3CCCCCC3)ccc21)Nc1cccc(F)c1. The normalized spacial score (nSPS) is 15.6. The van der Waals surface area contributed by atoms with E-state index in [1.54, 1.807) is 0 Å². The first-order chi connectivity index (χ1) is 14.8. The fourth-order valence-electron chi connectivity index (χ4n) is 3.70. The molecule has 0 aliphatic carbocycles. The van der Waals surface area contributed by atoms with Crippen molar-refractivity contribution in [3.05, 3.63) is 58.8 Å². The van der Waals surface area contributed by atoms with Gasteiger partial charge in [0.1, 0.15) is 12.4 Å². The number of hydrogen-bond acceptors (Lipinski definition) is 5. The van der Waals surface area contributed by atoms with Gasteiger partial charge in [-0.3, -0.25) is 9.36 Å². The van der Waals surface area contributed by atoms with E-state index in [0.717, 1.165) is 36.3 Å². The molecule has 0 radical (unpaired) electrons. The third-order valence-corrected chi connectivity index (χ3v) is 7.15. The van der Waals surface area contributed by atoms with Crippen LogP contribution in [0.25, 0.3) is 11.1 Å². The molecule has 0 atom stereocenters. The van der Waals surface area contributed by atoms with Gasteiger partial charge < -0.3 is 9.73 Å². The van der Waals surface area contributed by atoms with E-state index < -0.39 is 27.5 Å². The van der Waals surface area contributed by atoms with E-state index >= 15 is 0 Å². The molecule has 0 saturated carbocycles. The van der Waals surface area contributed by atoms with Gasteiger partial charge in [-0.15, -0.1) is 0 Å². The van der Waals surface area contributed by atoms with Gasteiger partial charge >= 0.3 is 5.76 Å². The Labute approximate surface area is 178 Å². The number of rotatable bonds is 5. The number of sulfonamides is 1. The molecule has 3 aromatic rings. The lowest BCUT2D eigenvalue weighted by Crippen LogP contribution is -2.31. The molecule has 1 aliphatic heterocycles. The van der Waals surface area contributed by atoms with Gasteiger partial charge in [-0.2, -0.15) is 4.31 Å². The lowest BCUT2D eigenvalue weighted by molar-refractivity contribution is -0.116. The number of aromatic nitrogens is 1. The van der Waals surface area contributed by atoms with Crippen LogP contribution in [0.4, 0.5) is 10.1 Å². The van der Waals surface area contributed by atoms with Crippen LogP contribution in [-0.2, 0) is 21.4 Å². The maximum Gasteiger partial charge on any atom is 0.420 e. The van der Waals surface area contributed by atoms with Crippen molar-refractivity contribution < 1.29 is 22.0 Å². The number of carbonyl (C=O) groups excluding carboxylic acids is 1. The van der Waals surface area contributed by atoms with Gasteiger partial charge in [-0.1, -0.05) is 18.9 Å². The van der Waals surface area contributed by atoms with Crippen molar-refractivity contribution in [3.63, 3.8) is 0 Å². The number of carbonyl (C=O) groups is 1. The summed E-state index contributed by atoms with van der Waals surface area (Å²) in [5, 5.41) is 2.51. The molecule has 1 saturated heterocycles. The van der Waals surface area contributed by atoms with Crippen LogP contribution in [-0.4, -0.2) is 36.3 Å². The van der Waals surface area contributed by atoms with Gasteiger partial charge in [0.25, 0.3) is 0 Å². The Bertz CT molecular complexity index is 1270. The van der Waals surface area contributed by atoms with E-state index in [0.29, 0.717) is 18.6 Å². The quantitative estimate of drug-likeness (QED) is 0.648. The summed E-state index contributed by atoms with van der Waals surface area (Å²) in [6, 6.07) is 9.58. The van der Waals surface area contributed by atoms with Crippen LogP contribution in [0.1, 0.15) is 25.7 Å². The van der Waals surface area contributed by atoms with Crippen LogP contribution < -0.4 is 11.1 Å². The summed E-state index contributed by atoms with van der Waals surface area (Å²) >= 11 is 0. The molecule has 31 heavy (non-hydrogen) atoms. The standard InChI is InChI=1S/C21H22FN3O5S/c22-15-6-5-7-16(12-15)23-20(26)14-25-18-9-8-17(13-19(18)30-21(25)27)31(28,29)24-10-3-1-2-4-11-24/h5-9,12-13H,1-4,10-11,14H2,(H,23,26). The van der Waals surface area contributed by atoms with E-state index in [1.165, 1.54) is 40.7 Å². The van der Waals surface area contributed by atoms with E-state index in [9.17, 15) is 22.4 Å². The Morgan fingerprint density at radius 1 is 1.06 bits per heavy atom. The van der Waals surface area contributed by atoms with Gasteiger partial charge in [0, 0.05) is 24.8 Å². The largest absolute Gasteiger partial charge is 0.420 e. The molecule has 1 aliphatic rings. The van der Waals surface area contributed by atoms with Crippen molar-refractivity contribution in [2.75, 3.05) is 18.4 Å². The second-order valence-corrected chi connectivity index (χ2v) is 9.40. The molecule has 0 unspecified atom stereocenters. The van der Waals surface area contributed by atoms with Crippen molar-refractivity contribution in [1.82, 2.24) is 8.87 Å². The van der Waals surface area contributed by atoms with Crippen molar-refractivity contribution in [1.29, 1.82) is 0 Å². The zero-order valence-corrected chi connectivity index (χ0v) is 17.5. The highest BCUT2D eigenvalue weighted by Gasteiger charge is 2.26. The molecule has 1 N–H and O–H groups in total. The first-order valence-electron chi connectivity index (χ1n) is 10.0. The minimum absolute atomic E-state index is 0.0482. The fraction of sp³-hybridized carbons (Fsp3) is 0.333. The van der Waals surface area contributed by atoms with Crippen LogP contribution in [0.2, 0.25) is 0 Å². The highest BCUT2D eigenvalue weighted by atomic mass is 32.2. The summed E-state index contributed by atoms with van der Waals surface area (Å²) in [5.74, 6) is -1.83. The molecular formula is C21H22FN3O5S. The Kier molecular flexibility index (Phi) is 5.92. The number of anilines is 1. The van der Waals surface area contributed by atoms with Gasteiger partial charge in [-0.25, -0.2) is 17.6 Å². The van der Waals surface area contributed by atoms with E-state index in [-0.39, 0.29) is 22.7 Å². The van der Waals surface area contributed by atoms with Crippen LogP contribution in [0, 0.1) is 5.82 Å². The molecule has 164 valence electrons. The molecular weight excluding hydrogens is 425 g/mol. The molecule has 10 heteroatoms. The molecule has 2 aromatic carbocycles. The molecule has 1 fully saturated rings. The summed E-state index contributed by atoms with van der Waals surface area (Å²) in [6.45, 7) is 0.567. The third-order valence-electron chi connectivity index (χ3n) is 5.25. The monoisotopic (exact) mass is 447 g/mol. The van der Waals surface area contributed by atoms with E-state index in [1.807, 2.05) is 0 Å². The lowest BCUT2D eigenvalue weighted by atomic mass is 10.2. The van der Waals surface area contributed by atoms with Crippen LogP contribution in [0.5, 0.6) is 0 Å². The first kappa shape index (κ1) is 21.3. The maximum atomic E-state index is 13.3. The van der Waals surface area contributed by atoms with Crippen molar-refractivity contribution in [2.45, 2.75) is 37.1 Å². The van der Waals surface area contributed by atoms with Crippen LogP contribution in [0.3, 0.4) is 0 Å². The second-order valence-electron chi connectivity index (χ2n) is 7.46. The molecule has 1 amide bonds. The van der Waals surface area contributed by atoms with Gasteiger partial charge in [0.05, 0.1) is 10.4 Å². The third kappa shape index (κ3) is 4.54. The second kappa shape index (κ2) is 8.64. The summed E-state index contributed by atoms with van der Waals surface area (Å²) in [5.41, 5.74) is 0.644. The Balaban J connectivity index is 1.58. The molecule has 4 rings (SSSR count).